The number of aryl methyl sites for hydroxylation is 1. The zero-order valence-corrected chi connectivity index (χ0v) is 23.7. The largest absolute Gasteiger partial charge is 0.497 e. The van der Waals surface area contributed by atoms with Gasteiger partial charge in [0.2, 0.25) is 0 Å². The number of rotatable bonds is 7. The molecule has 1 aliphatic heterocycles. The van der Waals surface area contributed by atoms with E-state index in [0.717, 1.165) is 41.0 Å². The van der Waals surface area contributed by atoms with Gasteiger partial charge in [0.05, 0.1) is 37.6 Å². The van der Waals surface area contributed by atoms with Gasteiger partial charge in [-0.15, -0.1) is 0 Å². The van der Waals surface area contributed by atoms with Gasteiger partial charge in [0.25, 0.3) is 5.56 Å². The smallest absolute Gasteiger partial charge is 0.343 e. The maximum atomic E-state index is 14.1. The molecule has 0 fully saturated rings. The minimum absolute atomic E-state index is 0.151. The second-order valence-corrected chi connectivity index (χ2v) is 10.6. The highest BCUT2D eigenvalue weighted by Crippen LogP contribution is 2.41. The Hall–Kier alpha value is -4.63. The van der Waals surface area contributed by atoms with E-state index in [-0.39, 0.29) is 18.2 Å². The van der Waals surface area contributed by atoms with E-state index in [0.29, 0.717) is 26.4 Å². The number of para-hydroxylation sites is 1. The monoisotopic (exact) mass is 568 g/mol. The van der Waals surface area contributed by atoms with Crippen LogP contribution in [0.15, 0.2) is 82.1 Å². The molecule has 41 heavy (non-hydrogen) atoms. The van der Waals surface area contributed by atoms with Gasteiger partial charge in [0.1, 0.15) is 5.75 Å². The molecule has 6 rings (SSSR count). The van der Waals surface area contributed by atoms with Crippen molar-refractivity contribution in [2.24, 2.45) is 4.99 Å². The first kappa shape index (κ1) is 26.6. The molecule has 8 nitrogen and oxygen atoms in total. The summed E-state index contributed by atoms with van der Waals surface area (Å²) in [6, 6.07) is 21.3. The fourth-order valence-corrected chi connectivity index (χ4v) is 6.39. The standard InChI is InChI=1S/C32H28N2O6S/c1-37-22-14-11-20(12-15-22)29-24-16-13-19-7-4-5-9-23(19)28(24)33-32-34(29)31(36)26(41-32)17-21-8-6-10-25(38-2)30(21)40-18-27(35)39-3/h4-12,14-15,17,29H,13,16,18H2,1-3H3. The van der Waals surface area contributed by atoms with E-state index in [4.69, 9.17) is 23.9 Å². The molecule has 1 atom stereocenters. The Labute approximate surface area is 240 Å². The lowest BCUT2D eigenvalue weighted by atomic mass is 9.83. The first-order chi connectivity index (χ1) is 20.0. The summed E-state index contributed by atoms with van der Waals surface area (Å²) in [4.78, 5) is 31.6. The minimum Gasteiger partial charge on any atom is -0.497 e. The Balaban J connectivity index is 1.55. The second-order valence-electron chi connectivity index (χ2n) is 9.63. The van der Waals surface area contributed by atoms with E-state index in [2.05, 4.69) is 18.2 Å². The van der Waals surface area contributed by atoms with Crippen LogP contribution in [0.5, 0.6) is 17.2 Å². The summed E-state index contributed by atoms with van der Waals surface area (Å²) >= 11 is 1.33. The van der Waals surface area contributed by atoms with Crippen molar-refractivity contribution >= 4 is 29.1 Å². The number of thiazole rings is 1. The highest BCUT2D eigenvalue weighted by atomic mass is 32.1. The number of aromatic nitrogens is 1. The molecule has 0 amide bonds. The number of hydrogen-bond acceptors (Lipinski definition) is 8. The lowest BCUT2D eigenvalue weighted by Crippen LogP contribution is -2.38. The minimum atomic E-state index is -0.522. The van der Waals surface area contributed by atoms with Crippen LogP contribution in [0.4, 0.5) is 0 Å². The Kier molecular flexibility index (Phi) is 7.19. The number of hydrogen-bond donors (Lipinski definition) is 0. The molecule has 2 heterocycles. The van der Waals surface area contributed by atoms with Crippen LogP contribution in [-0.4, -0.2) is 38.5 Å². The van der Waals surface area contributed by atoms with Crippen LogP contribution in [0.2, 0.25) is 0 Å². The maximum Gasteiger partial charge on any atom is 0.343 e. The van der Waals surface area contributed by atoms with Crippen molar-refractivity contribution in [1.29, 1.82) is 0 Å². The fourth-order valence-electron chi connectivity index (χ4n) is 5.40. The number of esters is 1. The molecule has 3 aromatic carbocycles. The predicted molar refractivity (Wildman–Crippen MR) is 156 cm³/mol. The van der Waals surface area contributed by atoms with Crippen molar-refractivity contribution in [1.82, 2.24) is 4.57 Å². The maximum absolute atomic E-state index is 14.1. The van der Waals surface area contributed by atoms with E-state index in [9.17, 15) is 9.59 Å². The molecule has 2 aliphatic rings. The molecular formula is C32H28N2O6S. The molecule has 1 aliphatic carbocycles. The summed E-state index contributed by atoms with van der Waals surface area (Å²) in [5.41, 5.74) is 5.86. The van der Waals surface area contributed by atoms with Gasteiger partial charge in [0, 0.05) is 11.1 Å². The highest BCUT2D eigenvalue weighted by Gasteiger charge is 2.32. The highest BCUT2D eigenvalue weighted by molar-refractivity contribution is 7.07. The summed E-state index contributed by atoms with van der Waals surface area (Å²) in [6.45, 7) is -0.289. The number of nitrogens with zero attached hydrogens (tertiary/aromatic N) is 2. The van der Waals surface area contributed by atoms with Crippen LogP contribution < -0.4 is 29.1 Å². The van der Waals surface area contributed by atoms with E-state index < -0.39 is 5.97 Å². The molecule has 1 aromatic heterocycles. The lowest BCUT2D eigenvalue weighted by molar-refractivity contribution is -0.142. The van der Waals surface area contributed by atoms with E-state index in [1.807, 2.05) is 42.5 Å². The topological polar surface area (TPSA) is 88.4 Å². The number of carbonyl (C=O) groups excluding carboxylic acids is 1. The van der Waals surface area contributed by atoms with Gasteiger partial charge < -0.3 is 18.9 Å². The van der Waals surface area contributed by atoms with Gasteiger partial charge in [-0.2, -0.15) is 0 Å². The molecule has 1 unspecified atom stereocenters. The van der Waals surface area contributed by atoms with Crippen LogP contribution >= 0.6 is 11.3 Å². The molecule has 208 valence electrons. The molecule has 0 radical (unpaired) electrons. The second kappa shape index (κ2) is 11.1. The molecular weight excluding hydrogens is 540 g/mol. The van der Waals surface area contributed by atoms with Crippen molar-refractivity contribution in [3.05, 3.63) is 114 Å². The molecule has 0 N–H and O–H groups in total. The Morgan fingerprint density at radius 1 is 1.00 bits per heavy atom. The summed E-state index contributed by atoms with van der Waals surface area (Å²) in [6.07, 6.45) is 3.45. The van der Waals surface area contributed by atoms with Crippen LogP contribution in [0.3, 0.4) is 0 Å². The first-order valence-corrected chi connectivity index (χ1v) is 14.0. The Morgan fingerprint density at radius 2 is 1.80 bits per heavy atom. The van der Waals surface area contributed by atoms with Gasteiger partial charge in [-0.1, -0.05) is 59.9 Å². The van der Waals surface area contributed by atoms with Crippen molar-refractivity contribution in [2.45, 2.75) is 18.9 Å². The van der Waals surface area contributed by atoms with Crippen molar-refractivity contribution < 1.29 is 23.7 Å². The SMILES string of the molecule is COC(=O)COc1c(C=c2sc3n(c2=O)C(c2ccc(OC)cc2)C2=C(N=3)c3ccccc3CC2)cccc1OC. The van der Waals surface area contributed by atoms with Gasteiger partial charge in [-0.25, -0.2) is 9.79 Å². The zero-order valence-electron chi connectivity index (χ0n) is 22.9. The number of allylic oxidation sites excluding steroid dienone is 1. The molecule has 4 aromatic rings. The molecule has 0 spiro atoms. The fraction of sp³-hybridized carbons (Fsp3) is 0.219. The van der Waals surface area contributed by atoms with E-state index >= 15 is 0 Å². The number of benzene rings is 3. The Bertz CT molecular complexity index is 1850. The third kappa shape index (κ3) is 4.82. The quantitative estimate of drug-likeness (QED) is 0.315. The predicted octanol–water partition coefficient (Wildman–Crippen LogP) is 3.89. The Morgan fingerprint density at radius 3 is 2.56 bits per heavy atom. The van der Waals surface area contributed by atoms with Crippen LogP contribution in [0, 0.1) is 0 Å². The van der Waals surface area contributed by atoms with Crippen LogP contribution in [0.1, 0.15) is 34.7 Å². The molecule has 0 bridgehead atoms. The number of fused-ring (bicyclic) bond motifs is 3. The average molecular weight is 569 g/mol. The number of methoxy groups -OCH3 is 3. The molecule has 9 heteroatoms. The summed E-state index contributed by atoms with van der Waals surface area (Å²) in [5, 5.41) is 0. The number of ether oxygens (including phenoxy) is 4. The first-order valence-electron chi connectivity index (χ1n) is 13.2. The van der Waals surface area contributed by atoms with Gasteiger partial charge in [-0.05, 0) is 53.8 Å². The number of carbonyl (C=O) groups is 1. The zero-order chi connectivity index (χ0) is 28.5. The third-order valence-electron chi connectivity index (χ3n) is 7.38. The van der Waals surface area contributed by atoms with Crippen LogP contribution in [0.25, 0.3) is 11.8 Å². The van der Waals surface area contributed by atoms with Gasteiger partial charge in [-0.3, -0.25) is 9.36 Å². The van der Waals surface area contributed by atoms with E-state index in [1.165, 1.54) is 31.1 Å². The van der Waals surface area contributed by atoms with Gasteiger partial charge >= 0.3 is 5.97 Å². The summed E-state index contributed by atoms with van der Waals surface area (Å²) < 4.78 is 23.7. The average Bonchev–Trinajstić information content (AvgIpc) is 3.32. The summed E-state index contributed by atoms with van der Waals surface area (Å²) in [7, 11) is 4.46. The summed E-state index contributed by atoms with van der Waals surface area (Å²) in [5.74, 6) is 1.03. The van der Waals surface area contributed by atoms with Crippen LogP contribution in [-0.2, 0) is 16.0 Å². The molecule has 0 saturated heterocycles. The molecule has 0 saturated carbocycles. The normalized spacial score (nSPS) is 15.8. The van der Waals surface area contributed by atoms with Gasteiger partial charge in [0.15, 0.2) is 22.9 Å². The lowest BCUT2D eigenvalue weighted by Gasteiger charge is -2.30. The van der Waals surface area contributed by atoms with Crippen molar-refractivity contribution in [2.75, 3.05) is 27.9 Å². The van der Waals surface area contributed by atoms with Crippen molar-refractivity contribution in [3.8, 4) is 17.2 Å². The van der Waals surface area contributed by atoms with E-state index in [1.54, 1.807) is 23.8 Å². The third-order valence-corrected chi connectivity index (χ3v) is 8.37. The van der Waals surface area contributed by atoms with Crippen molar-refractivity contribution in [3.63, 3.8) is 0 Å².